The van der Waals surface area contributed by atoms with E-state index in [-0.39, 0.29) is 18.1 Å². The van der Waals surface area contributed by atoms with Gasteiger partial charge >= 0.3 is 0 Å². The molecule has 0 spiro atoms. The van der Waals surface area contributed by atoms with Crippen LogP contribution in [0.2, 0.25) is 0 Å². The van der Waals surface area contributed by atoms with Gasteiger partial charge in [0, 0.05) is 26.3 Å². The van der Waals surface area contributed by atoms with Crippen LogP contribution < -0.4 is 14.8 Å². The number of nitrogens with one attached hydrogen (secondary N) is 1. The normalized spacial score (nSPS) is 15.0. The van der Waals surface area contributed by atoms with Crippen LogP contribution in [-0.2, 0) is 9.47 Å². The van der Waals surface area contributed by atoms with E-state index in [9.17, 15) is 4.79 Å². The van der Waals surface area contributed by atoms with E-state index >= 15 is 0 Å². The molecule has 116 valence electrons. The predicted octanol–water partition coefficient (Wildman–Crippen LogP) is 1.24. The number of hydrogen-bond donors (Lipinski definition) is 1. The van der Waals surface area contributed by atoms with Gasteiger partial charge < -0.3 is 24.3 Å². The number of benzene rings is 1. The molecule has 1 N–H and O–H groups in total. The fraction of sp³-hybridized carbons (Fsp3) is 0.533. The molecule has 21 heavy (non-hydrogen) atoms. The second kappa shape index (κ2) is 7.40. The Morgan fingerprint density at radius 3 is 2.57 bits per heavy atom. The first-order valence-corrected chi connectivity index (χ1v) is 6.88. The van der Waals surface area contributed by atoms with Crippen molar-refractivity contribution in [2.24, 2.45) is 0 Å². The summed E-state index contributed by atoms with van der Waals surface area (Å²) in [5.41, 5.74) is 0.589. The zero-order valence-corrected chi connectivity index (χ0v) is 12.5. The maximum Gasteiger partial charge on any atom is 0.179 e. The molecule has 0 radical (unpaired) electrons. The average molecular weight is 295 g/mol. The minimum absolute atomic E-state index is 0.0158. The van der Waals surface area contributed by atoms with Crippen molar-refractivity contribution < 1.29 is 23.7 Å². The van der Waals surface area contributed by atoms with Gasteiger partial charge in [-0.1, -0.05) is 0 Å². The largest absolute Gasteiger partial charge is 0.486 e. The van der Waals surface area contributed by atoms with Crippen LogP contribution >= 0.6 is 0 Å². The Labute approximate surface area is 124 Å². The lowest BCUT2D eigenvalue weighted by atomic mass is 10.0. The summed E-state index contributed by atoms with van der Waals surface area (Å²) < 4.78 is 21.1. The third-order valence-electron chi connectivity index (χ3n) is 3.34. The number of methoxy groups -OCH3 is 2. The molecule has 0 bridgehead atoms. The van der Waals surface area contributed by atoms with E-state index in [0.717, 1.165) is 0 Å². The summed E-state index contributed by atoms with van der Waals surface area (Å²) in [6, 6.07) is 4.89. The van der Waals surface area contributed by atoms with Crippen molar-refractivity contribution in [2.45, 2.75) is 19.3 Å². The molecule has 1 atom stereocenters. The van der Waals surface area contributed by atoms with Gasteiger partial charge in [0.05, 0.1) is 6.04 Å². The minimum atomic E-state index is -0.375. The first-order valence-electron chi connectivity index (χ1n) is 6.88. The number of ketones is 1. The van der Waals surface area contributed by atoms with Crippen LogP contribution in [0.1, 0.15) is 17.3 Å². The molecule has 0 saturated carbocycles. The summed E-state index contributed by atoms with van der Waals surface area (Å²) in [5.74, 6) is 1.28. The number of rotatable bonds is 7. The lowest BCUT2D eigenvalue weighted by Gasteiger charge is -2.20. The van der Waals surface area contributed by atoms with Crippen LogP contribution in [0.4, 0.5) is 0 Å². The Balaban J connectivity index is 1.98. The highest BCUT2D eigenvalue weighted by Gasteiger charge is 2.19. The Morgan fingerprint density at radius 1 is 1.24 bits per heavy atom. The first-order chi connectivity index (χ1) is 10.2. The minimum Gasteiger partial charge on any atom is -0.486 e. The second-order valence-corrected chi connectivity index (χ2v) is 4.75. The van der Waals surface area contributed by atoms with Crippen LogP contribution in [0.15, 0.2) is 18.2 Å². The molecule has 6 heteroatoms. The molecule has 0 fully saturated rings. The van der Waals surface area contributed by atoms with Crippen LogP contribution in [-0.4, -0.2) is 52.1 Å². The summed E-state index contributed by atoms with van der Waals surface area (Å²) in [6.07, 6.45) is -0.375. The van der Waals surface area contributed by atoms with E-state index in [2.05, 4.69) is 5.32 Å². The number of fused-ring (bicyclic) bond motifs is 1. The smallest absolute Gasteiger partial charge is 0.179 e. The van der Waals surface area contributed by atoms with Crippen LogP contribution in [0.3, 0.4) is 0 Å². The fourth-order valence-electron chi connectivity index (χ4n) is 2.08. The summed E-state index contributed by atoms with van der Waals surface area (Å²) >= 11 is 0. The van der Waals surface area contributed by atoms with E-state index < -0.39 is 0 Å². The van der Waals surface area contributed by atoms with Crippen molar-refractivity contribution in [1.29, 1.82) is 0 Å². The van der Waals surface area contributed by atoms with E-state index in [1.807, 2.05) is 6.92 Å². The Morgan fingerprint density at radius 2 is 1.90 bits per heavy atom. The molecule has 0 saturated heterocycles. The number of carbonyl (C=O) groups excluding carboxylic acids is 1. The molecule has 6 nitrogen and oxygen atoms in total. The van der Waals surface area contributed by atoms with Gasteiger partial charge in [-0.25, -0.2) is 0 Å². The molecular formula is C15H21NO5. The zero-order valence-electron chi connectivity index (χ0n) is 12.5. The van der Waals surface area contributed by atoms with Gasteiger partial charge in [-0.3, -0.25) is 4.79 Å². The van der Waals surface area contributed by atoms with E-state index in [1.165, 1.54) is 0 Å². The number of Topliss-reactive ketones (excluding diaryl/α,β-unsaturated/α-hetero) is 1. The molecule has 1 unspecified atom stereocenters. The van der Waals surface area contributed by atoms with E-state index in [4.69, 9.17) is 18.9 Å². The first kappa shape index (κ1) is 15.8. The number of hydrogen-bond acceptors (Lipinski definition) is 6. The molecule has 1 heterocycles. The quantitative estimate of drug-likeness (QED) is 0.603. The van der Waals surface area contributed by atoms with Gasteiger partial charge in [-0.2, -0.15) is 0 Å². The maximum atomic E-state index is 12.4. The van der Waals surface area contributed by atoms with Crippen LogP contribution in [0, 0.1) is 0 Å². The monoisotopic (exact) mass is 295 g/mol. The third kappa shape index (κ3) is 3.93. The van der Waals surface area contributed by atoms with Crippen LogP contribution in [0.5, 0.6) is 11.5 Å². The third-order valence-corrected chi connectivity index (χ3v) is 3.34. The molecule has 1 aromatic rings. The van der Waals surface area contributed by atoms with Crippen molar-refractivity contribution in [1.82, 2.24) is 5.32 Å². The summed E-state index contributed by atoms with van der Waals surface area (Å²) in [5, 5.41) is 3.09. The highest BCUT2D eigenvalue weighted by molar-refractivity contribution is 6.00. The number of carbonyl (C=O) groups is 1. The molecule has 1 aliphatic heterocycles. The topological polar surface area (TPSA) is 66.0 Å². The van der Waals surface area contributed by atoms with Gasteiger partial charge in [0.25, 0.3) is 0 Å². The molecule has 0 amide bonds. The maximum absolute atomic E-state index is 12.4. The summed E-state index contributed by atoms with van der Waals surface area (Å²) in [7, 11) is 3.12. The Bertz CT molecular complexity index is 487. The zero-order chi connectivity index (χ0) is 15.2. The predicted molar refractivity (Wildman–Crippen MR) is 77.0 cm³/mol. The molecule has 0 aliphatic carbocycles. The Hall–Kier alpha value is -1.63. The van der Waals surface area contributed by atoms with Gasteiger partial charge in [0.15, 0.2) is 23.6 Å². The van der Waals surface area contributed by atoms with Crippen molar-refractivity contribution in [3.8, 4) is 11.5 Å². The van der Waals surface area contributed by atoms with Crippen LogP contribution in [0.25, 0.3) is 0 Å². The molecule has 1 aliphatic rings. The van der Waals surface area contributed by atoms with E-state index in [1.54, 1.807) is 32.4 Å². The average Bonchev–Trinajstić information content (AvgIpc) is 2.54. The summed E-state index contributed by atoms with van der Waals surface area (Å²) in [6.45, 7) is 3.28. The summed E-state index contributed by atoms with van der Waals surface area (Å²) in [4.78, 5) is 12.4. The van der Waals surface area contributed by atoms with Crippen molar-refractivity contribution in [3.63, 3.8) is 0 Å². The SMILES string of the molecule is COC(CNC(C)C(=O)c1ccc2c(c1)OCCO2)OC. The lowest BCUT2D eigenvalue weighted by Crippen LogP contribution is -2.40. The molecule has 0 aromatic heterocycles. The highest BCUT2D eigenvalue weighted by atomic mass is 16.7. The van der Waals surface area contributed by atoms with Gasteiger partial charge in [-0.15, -0.1) is 0 Å². The van der Waals surface area contributed by atoms with Gasteiger partial charge in [-0.05, 0) is 25.1 Å². The molecule has 2 rings (SSSR count). The highest BCUT2D eigenvalue weighted by Crippen LogP contribution is 2.31. The standard InChI is InChI=1S/C15H21NO5/c1-10(16-9-14(18-2)19-3)15(17)11-4-5-12-13(8-11)21-7-6-20-12/h4-5,8,10,14,16H,6-7,9H2,1-3H3. The fourth-order valence-corrected chi connectivity index (χ4v) is 2.08. The van der Waals surface area contributed by atoms with Crippen molar-refractivity contribution in [2.75, 3.05) is 34.0 Å². The second-order valence-electron chi connectivity index (χ2n) is 4.75. The molecule has 1 aromatic carbocycles. The number of ether oxygens (including phenoxy) is 4. The Kier molecular flexibility index (Phi) is 5.55. The van der Waals surface area contributed by atoms with Gasteiger partial charge in [0.2, 0.25) is 0 Å². The van der Waals surface area contributed by atoms with E-state index in [0.29, 0.717) is 36.8 Å². The molecular weight excluding hydrogens is 274 g/mol. The van der Waals surface area contributed by atoms with Gasteiger partial charge in [0.1, 0.15) is 13.2 Å². The lowest BCUT2D eigenvalue weighted by molar-refractivity contribution is -0.0992. The van der Waals surface area contributed by atoms with Crippen molar-refractivity contribution in [3.05, 3.63) is 23.8 Å². The van der Waals surface area contributed by atoms with Crippen molar-refractivity contribution >= 4 is 5.78 Å².